The lowest BCUT2D eigenvalue weighted by atomic mass is 9.96. The Bertz CT molecular complexity index is 424. The van der Waals surface area contributed by atoms with E-state index >= 15 is 0 Å². The minimum Gasteiger partial charge on any atom is -0.497 e. The molecule has 104 valence electrons. The van der Waals surface area contributed by atoms with E-state index in [0.29, 0.717) is 6.42 Å². The largest absolute Gasteiger partial charge is 0.497 e. The van der Waals surface area contributed by atoms with E-state index in [2.05, 4.69) is 4.74 Å². The van der Waals surface area contributed by atoms with E-state index in [9.17, 15) is 9.59 Å². The Morgan fingerprint density at radius 3 is 2.16 bits per heavy atom. The van der Waals surface area contributed by atoms with E-state index in [4.69, 9.17) is 9.47 Å². The summed E-state index contributed by atoms with van der Waals surface area (Å²) in [5.74, 6) is -0.637. The molecule has 0 spiro atoms. The third-order valence-electron chi connectivity index (χ3n) is 2.82. The van der Waals surface area contributed by atoms with Gasteiger partial charge < -0.3 is 14.2 Å². The van der Waals surface area contributed by atoms with Gasteiger partial charge in [-0.15, -0.1) is 0 Å². The molecular weight excluding hydrogens is 248 g/mol. The number of rotatable bonds is 6. The lowest BCUT2D eigenvalue weighted by Gasteiger charge is -2.13. The van der Waals surface area contributed by atoms with E-state index in [1.54, 1.807) is 7.11 Å². The first kappa shape index (κ1) is 15.0. The maximum atomic E-state index is 11.6. The number of esters is 2. The van der Waals surface area contributed by atoms with Crippen LogP contribution in [-0.2, 0) is 25.5 Å². The summed E-state index contributed by atoms with van der Waals surface area (Å²) in [4.78, 5) is 22.9. The first-order valence-corrected chi connectivity index (χ1v) is 5.88. The standard InChI is InChI=1S/C14H18O5/c1-17-12-6-4-10(5-7-12)8-11(14(16)19-3)9-13(15)18-2/h4-7,11H,8-9H2,1-3H3/t11-/m1/s1. The Hall–Kier alpha value is -2.04. The topological polar surface area (TPSA) is 61.8 Å². The van der Waals surface area contributed by atoms with Crippen molar-refractivity contribution in [2.24, 2.45) is 5.92 Å². The molecule has 0 aliphatic heterocycles. The van der Waals surface area contributed by atoms with Crippen LogP contribution < -0.4 is 4.74 Å². The van der Waals surface area contributed by atoms with E-state index < -0.39 is 17.9 Å². The molecule has 0 radical (unpaired) electrons. The average Bonchev–Trinajstić information content (AvgIpc) is 2.46. The van der Waals surface area contributed by atoms with Crippen LogP contribution in [0.25, 0.3) is 0 Å². The molecule has 0 bridgehead atoms. The number of benzene rings is 1. The quantitative estimate of drug-likeness (QED) is 0.732. The Labute approximate surface area is 112 Å². The monoisotopic (exact) mass is 266 g/mol. The summed E-state index contributed by atoms with van der Waals surface area (Å²) in [6.07, 6.45) is 0.432. The molecule has 0 saturated heterocycles. The van der Waals surface area contributed by atoms with Crippen LogP contribution in [-0.4, -0.2) is 33.3 Å². The number of methoxy groups -OCH3 is 3. The summed E-state index contributed by atoms with van der Waals surface area (Å²) in [6.45, 7) is 0. The van der Waals surface area contributed by atoms with Gasteiger partial charge >= 0.3 is 11.9 Å². The van der Waals surface area contributed by atoms with Crippen LogP contribution in [0.15, 0.2) is 24.3 Å². The number of carbonyl (C=O) groups excluding carboxylic acids is 2. The van der Waals surface area contributed by atoms with Gasteiger partial charge in [-0.1, -0.05) is 12.1 Å². The molecule has 0 unspecified atom stereocenters. The van der Waals surface area contributed by atoms with Crippen LogP contribution in [0.2, 0.25) is 0 Å². The number of hydrogen-bond donors (Lipinski definition) is 0. The molecule has 1 rings (SSSR count). The summed E-state index contributed by atoms with van der Waals surface area (Å²) in [7, 11) is 4.19. The highest BCUT2D eigenvalue weighted by atomic mass is 16.5. The molecule has 0 N–H and O–H groups in total. The van der Waals surface area contributed by atoms with Gasteiger partial charge in [0.25, 0.3) is 0 Å². The molecule has 0 aliphatic carbocycles. The molecule has 5 nitrogen and oxygen atoms in total. The maximum absolute atomic E-state index is 11.6. The minimum absolute atomic E-state index is 0.00913. The molecule has 5 heteroatoms. The molecule has 1 aromatic carbocycles. The molecule has 0 saturated carbocycles. The first-order valence-electron chi connectivity index (χ1n) is 5.88. The number of ether oxygens (including phenoxy) is 3. The summed E-state index contributed by atoms with van der Waals surface area (Å²) < 4.78 is 14.3. The second kappa shape index (κ2) is 7.41. The summed E-state index contributed by atoms with van der Waals surface area (Å²) >= 11 is 0. The van der Waals surface area contributed by atoms with Crippen LogP contribution in [0.5, 0.6) is 5.75 Å². The fourth-order valence-corrected chi connectivity index (χ4v) is 1.74. The SMILES string of the molecule is COC(=O)C[C@@H](Cc1ccc(OC)cc1)C(=O)OC. The highest BCUT2D eigenvalue weighted by Crippen LogP contribution is 2.18. The fraction of sp³-hybridized carbons (Fsp3) is 0.429. The van der Waals surface area contributed by atoms with Crippen molar-refractivity contribution in [1.82, 2.24) is 0 Å². The van der Waals surface area contributed by atoms with Crippen molar-refractivity contribution in [3.63, 3.8) is 0 Å². The predicted molar refractivity (Wildman–Crippen MR) is 68.8 cm³/mol. The fourth-order valence-electron chi connectivity index (χ4n) is 1.74. The first-order chi connectivity index (χ1) is 9.10. The van der Waals surface area contributed by atoms with Crippen LogP contribution in [0, 0.1) is 5.92 Å². The van der Waals surface area contributed by atoms with Crippen LogP contribution in [0.1, 0.15) is 12.0 Å². The van der Waals surface area contributed by atoms with Crippen molar-refractivity contribution >= 4 is 11.9 Å². The van der Waals surface area contributed by atoms with Crippen LogP contribution in [0.3, 0.4) is 0 Å². The second-order valence-electron chi connectivity index (χ2n) is 4.05. The van der Waals surface area contributed by atoms with Gasteiger partial charge in [-0.25, -0.2) is 0 Å². The van der Waals surface area contributed by atoms with E-state index in [0.717, 1.165) is 11.3 Å². The van der Waals surface area contributed by atoms with Crippen molar-refractivity contribution in [2.75, 3.05) is 21.3 Å². The molecule has 19 heavy (non-hydrogen) atoms. The molecule has 0 heterocycles. The Kier molecular flexibility index (Phi) is 5.85. The third-order valence-corrected chi connectivity index (χ3v) is 2.82. The summed E-state index contributed by atoms with van der Waals surface area (Å²) in [5.41, 5.74) is 0.931. The smallest absolute Gasteiger partial charge is 0.309 e. The molecule has 1 atom stereocenters. The van der Waals surface area contributed by atoms with Crippen molar-refractivity contribution in [1.29, 1.82) is 0 Å². The van der Waals surface area contributed by atoms with Gasteiger partial charge in [0.2, 0.25) is 0 Å². The zero-order valence-corrected chi connectivity index (χ0v) is 11.3. The van der Waals surface area contributed by atoms with Gasteiger partial charge in [0, 0.05) is 0 Å². The maximum Gasteiger partial charge on any atom is 0.309 e. The van der Waals surface area contributed by atoms with Crippen molar-refractivity contribution in [3.8, 4) is 5.75 Å². The Balaban J connectivity index is 2.75. The second-order valence-corrected chi connectivity index (χ2v) is 4.05. The zero-order valence-electron chi connectivity index (χ0n) is 11.3. The van der Waals surface area contributed by atoms with Crippen molar-refractivity contribution in [3.05, 3.63) is 29.8 Å². The Morgan fingerprint density at radius 2 is 1.68 bits per heavy atom. The minimum atomic E-state index is -0.536. The van der Waals surface area contributed by atoms with Crippen LogP contribution in [0.4, 0.5) is 0 Å². The summed E-state index contributed by atoms with van der Waals surface area (Å²) in [5, 5.41) is 0. The molecule has 0 amide bonds. The van der Waals surface area contributed by atoms with Gasteiger partial charge in [0.05, 0.1) is 33.7 Å². The van der Waals surface area contributed by atoms with E-state index in [1.807, 2.05) is 24.3 Å². The molecule has 1 aromatic rings. The molecular formula is C14H18O5. The molecule has 0 aromatic heterocycles. The van der Waals surface area contributed by atoms with Crippen molar-refractivity contribution < 1.29 is 23.8 Å². The summed E-state index contributed by atoms with van der Waals surface area (Å²) in [6, 6.07) is 7.32. The third kappa shape index (κ3) is 4.62. The highest BCUT2D eigenvalue weighted by molar-refractivity contribution is 5.80. The molecule has 0 fully saturated rings. The number of carbonyl (C=O) groups is 2. The number of hydrogen-bond acceptors (Lipinski definition) is 5. The molecule has 0 aliphatic rings. The lowest BCUT2D eigenvalue weighted by molar-refractivity contribution is -0.151. The van der Waals surface area contributed by atoms with Crippen molar-refractivity contribution in [2.45, 2.75) is 12.8 Å². The lowest BCUT2D eigenvalue weighted by Crippen LogP contribution is -2.22. The van der Waals surface area contributed by atoms with Gasteiger partial charge in [-0.3, -0.25) is 9.59 Å². The van der Waals surface area contributed by atoms with Gasteiger partial charge in [0.15, 0.2) is 0 Å². The Morgan fingerprint density at radius 1 is 1.05 bits per heavy atom. The van der Waals surface area contributed by atoms with Gasteiger partial charge in [-0.2, -0.15) is 0 Å². The highest BCUT2D eigenvalue weighted by Gasteiger charge is 2.23. The van der Waals surface area contributed by atoms with Crippen LogP contribution >= 0.6 is 0 Å². The van der Waals surface area contributed by atoms with Gasteiger partial charge in [0.1, 0.15) is 5.75 Å². The predicted octanol–water partition coefficient (Wildman–Crippen LogP) is 1.59. The normalized spacial score (nSPS) is 11.5. The van der Waals surface area contributed by atoms with Gasteiger partial charge in [-0.05, 0) is 24.1 Å². The van der Waals surface area contributed by atoms with E-state index in [-0.39, 0.29) is 6.42 Å². The van der Waals surface area contributed by atoms with E-state index in [1.165, 1.54) is 14.2 Å². The average molecular weight is 266 g/mol. The zero-order chi connectivity index (χ0) is 14.3.